The van der Waals surface area contributed by atoms with Gasteiger partial charge in [0.25, 0.3) is 11.5 Å². The third-order valence-corrected chi connectivity index (χ3v) is 6.59. The van der Waals surface area contributed by atoms with Crippen LogP contribution in [0.25, 0.3) is 0 Å². The topological polar surface area (TPSA) is 97.9 Å². The number of nitrogens with one attached hydrogen (secondary N) is 1. The molecule has 2 aromatic heterocycles. The summed E-state index contributed by atoms with van der Waals surface area (Å²) in [5.74, 6) is 1.75. The number of nitrogens with zero attached hydrogens (tertiary/aromatic N) is 6. The number of thioether (sulfide) groups is 1. The number of hydrogen-bond donors (Lipinski definition) is 1. The van der Waals surface area contributed by atoms with Crippen molar-refractivity contribution in [1.82, 2.24) is 35.0 Å². The number of rotatable bonds is 6. The van der Waals surface area contributed by atoms with Crippen LogP contribution in [0.2, 0.25) is 0 Å². The number of fused-ring (bicyclic) bond motifs is 1. The van der Waals surface area contributed by atoms with Gasteiger partial charge in [0.2, 0.25) is 0 Å². The lowest BCUT2D eigenvalue weighted by molar-refractivity contribution is 0.0904. The molecule has 0 aliphatic carbocycles. The molecule has 0 radical (unpaired) electrons. The first-order valence-corrected chi connectivity index (χ1v) is 11.3. The summed E-state index contributed by atoms with van der Waals surface area (Å²) in [5.41, 5.74) is 2.47. The second-order valence-electron chi connectivity index (χ2n) is 7.65. The molecule has 0 bridgehead atoms. The van der Waals surface area contributed by atoms with Crippen molar-refractivity contribution in [2.45, 2.75) is 44.0 Å². The van der Waals surface area contributed by atoms with Crippen LogP contribution < -0.4 is 10.9 Å². The first-order chi connectivity index (χ1) is 14.1. The van der Waals surface area contributed by atoms with Crippen LogP contribution in [-0.2, 0) is 25.8 Å². The summed E-state index contributed by atoms with van der Waals surface area (Å²) in [4.78, 5) is 27.1. The molecule has 29 heavy (non-hydrogen) atoms. The minimum Gasteiger partial charge on any atom is -0.349 e. The molecule has 0 aromatic carbocycles. The average Bonchev–Trinajstić information content (AvgIpc) is 3.17. The van der Waals surface area contributed by atoms with Crippen molar-refractivity contribution in [3.63, 3.8) is 0 Å². The Morgan fingerprint density at radius 3 is 3.07 bits per heavy atom. The van der Waals surface area contributed by atoms with Crippen LogP contribution in [0.3, 0.4) is 0 Å². The molecule has 1 saturated heterocycles. The Bertz CT molecular complexity index is 926. The van der Waals surface area contributed by atoms with Crippen molar-refractivity contribution in [3.8, 4) is 0 Å². The maximum atomic E-state index is 12.4. The number of hydrogen-bond acceptors (Lipinski definition) is 7. The minimum absolute atomic E-state index is 0.0178. The molecule has 156 valence electrons. The maximum absolute atomic E-state index is 12.4. The zero-order valence-electron chi connectivity index (χ0n) is 16.7. The molecule has 0 spiro atoms. The fraction of sp³-hybridized carbons (Fsp3) is 0.632. The van der Waals surface area contributed by atoms with Gasteiger partial charge in [-0.3, -0.25) is 19.2 Å². The third-order valence-electron chi connectivity index (χ3n) is 5.59. The molecule has 9 nitrogen and oxygen atoms in total. The highest BCUT2D eigenvalue weighted by Gasteiger charge is 2.24. The van der Waals surface area contributed by atoms with Gasteiger partial charge in [-0.25, -0.2) is 4.68 Å². The normalized spacial score (nSPS) is 19.7. The van der Waals surface area contributed by atoms with Crippen LogP contribution in [0.5, 0.6) is 0 Å². The first-order valence-electron chi connectivity index (χ1n) is 10.2. The third kappa shape index (κ3) is 4.87. The number of likely N-dealkylation sites (tertiary alicyclic amines) is 1. The molecule has 2 aliphatic rings. The average molecular weight is 418 g/mol. The number of piperidine rings is 1. The van der Waals surface area contributed by atoms with Gasteiger partial charge in [0.15, 0.2) is 5.69 Å². The first kappa shape index (κ1) is 20.1. The number of amides is 1. The Labute approximate surface area is 173 Å². The summed E-state index contributed by atoms with van der Waals surface area (Å²) in [6.07, 6.45) is 5.86. The van der Waals surface area contributed by atoms with Gasteiger partial charge < -0.3 is 5.32 Å². The van der Waals surface area contributed by atoms with Crippen LogP contribution in [-0.4, -0.2) is 67.0 Å². The van der Waals surface area contributed by atoms with Crippen molar-refractivity contribution in [1.29, 1.82) is 0 Å². The summed E-state index contributed by atoms with van der Waals surface area (Å²) < 4.78 is 3.13. The molecule has 10 heteroatoms. The predicted octanol–water partition coefficient (Wildman–Crippen LogP) is 0.446. The van der Waals surface area contributed by atoms with Gasteiger partial charge in [0.05, 0.1) is 18.4 Å². The quantitative estimate of drug-likeness (QED) is 0.728. The predicted molar refractivity (Wildman–Crippen MR) is 111 cm³/mol. The summed E-state index contributed by atoms with van der Waals surface area (Å²) in [6.45, 7) is 2.88. The number of carbonyl (C=O) groups excluding carboxylic acids is 1. The Morgan fingerprint density at radius 2 is 2.24 bits per heavy atom. The van der Waals surface area contributed by atoms with Gasteiger partial charge >= 0.3 is 0 Å². The van der Waals surface area contributed by atoms with E-state index >= 15 is 0 Å². The number of aromatic nitrogens is 5. The Kier molecular flexibility index (Phi) is 6.29. The Morgan fingerprint density at radius 1 is 1.34 bits per heavy atom. The monoisotopic (exact) mass is 417 g/mol. The van der Waals surface area contributed by atoms with Crippen molar-refractivity contribution < 1.29 is 4.79 Å². The molecule has 1 unspecified atom stereocenters. The van der Waals surface area contributed by atoms with Gasteiger partial charge in [0.1, 0.15) is 0 Å². The van der Waals surface area contributed by atoms with Crippen molar-refractivity contribution in [2.24, 2.45) is 7.05 Å². The molecular weight excluding hydrogens is 390 g/mol. The highest BCUT2D eigenvalue weighted by molar-refractivity contribution is 7.98. The summed E-state index contributed by atoms with van der Waals surface area (Å²) in [5, 5.41) is 15.3. The van der Waals surface area contributed by atoms with Gasteiger partial charge in [-0.15, -0.1) is 5.10 Å². The standard InChI is InChI=1S/C19H27N7O2S/c1-24-12-17(21-23-24)19(28)20-11-15-4-2-3-6-25(15)7-8-26-18(27)10-14-13-29-9-5-16(14)22-26/h10,12,15H,2-9,11,13H2,1H3,(H,20,28). The van der Waals surface area contributed by atoms with E-state index in [0.29, 0.717) is 18.8 Å². The SMILES string of the molecule is Cn1cc(C(=O)NCC2CCCCN2CCn2nc3c(cc2=O)CSCC3)nn1. The van der Waals surface area contributed by atoms with E-state index in [-0.39, 0.29) is 17.5 Å². The van der Waals surface area contributed by atoms with E-state index in [1.807, 2.05) is 11.8 Å². The second-order valence-corrected chi connectivity index (χ2v) is 8.76. The van der Waals surface area contributed by atoms with Gasteiger partial charge in [-0.2, -0.15) is 16.9 Å². The van der Waals surface area contributed by atoms with Crippen LogP contribution in [0.1, 0.15) is 41.0 Å². The molecule has 1 fully saturated rings. The van der Waals surface area contributed by atoms with Crippen LogP contribution >= 0.6 is 11.8 Å². The Hall–Kier alpha value is -2.20. The lowest BCUT2D eigenvalue weighted by Gasteiger charge is -2.35. The lowest BCUT2D eigenvalue weighted by atomic mass is 10.0. The van der Waals surface area contributed by atoms with E-state index in [2.05, 4.69) is 25.6 Å². The van der Waals surface area contributed by atoms with Gasteiger partial charge in [-0.05, 0) is 30.7 Å². The van der Waals surface area contributed by atoms with Crippen LogP contribution in [0.15, 0.2) is 17.1 Å². The van der Waals surface area contributed by atoms with E-state index < -0.39 is 0 Å². The molecule has 0 saturated carbocycles. The molecule has 1 amide bonds. The molecule has 4 rings (SSSR count). The highest BCUT2D eigenvalue weighted by Crippen LogP contribution is 2.21. The zero-order valence-corrected chi connectivity index (χ0v) is 17.5. The van der Waals surface area contributed by atoms with Gasteiger partial charge in [0, 0.05) is 44.4 Å². The van der Waals surface area contributed by atoms with Crippen LogP contribution in [0.4, 0.5) is 0 Å². The fourth-order valence-corrected chi connectivity index (χ4v) is 4.93. The highest BCUT2D eigenvalue weighted by atomic mass is 32.2. The van der Waals surface area contributed by atoms with Crippen molar-refractivity contribution in [3.05, 3.63) is 39.6 Å². The molecule has 2 aliphatic heterocycles. The molecule has 1 N–H and O–H groups in total. The summed E-state index contributed by atoms with van der Waals surface area (Å²) in [6, 6.07) is 2.01. The second kappa shape index (κ2) is 9.08. The van der Waals surface area contributed by atoms with E-state index in [1.165, 1.54) is 4.68 Å². The maximum Gasteiger partial charge on any atom is 0.273 e. The smallest absolute Gasteiger partial charge is 0.273 e. The fourth-order valence-electron chi connectivity index (χ4n) is 3.97. The summed E-state index contributed by atoms with van der Waals surface area (Å²) in [7, 11) is 1.74. The lowest BCUT2D eigenvalue weighted by Crippen LogP contribution is -2.48. The number of carbonyl (C=O) groups is 1. The molecule has 1 atom stereocenters. The Balaban J connectivity index is 1.35. The summed E-state index contributed by atoms with van der Waals surface area (Å²) >= 11 is 1.86. The number of aryl methyl sites for hydroxylation is 2. The van der Waals surface area contributed by atoms with E-state index in [9.17, 15) is 9.59 Å². The zero-order chi connectivity index (χ0) is 20.2. The van der Waals surface area contributed by atoms with E-state index in [0.717, 1.165) is 61.5 Å². The molecule has 4 heterocycles. The van der Waals surface area contributed by atoms with Crippen molar-refractivity contribution in [2.75, 3.05) is 25.4 Å². The largest absolute Gasteiger partial charge is 0.349 e. The van der Waals surface area contributed by atoms with Gasteiger partial charge in [-0.1, -0.05) is 11.6 Å². The minimum atomic E-state index is -0.200. The molecular formula is C19H27N7O2S. The van der Waals surface area contributed by atoms with Crippen molar-refractivity contribution >= 4 is 17.7 Å². The molecule has 2 aromatic rings. The van der Waals surface area contributed by atoms with E-state index in [4.69, 9.17) is 0 Å². The van der Waals surface area contributed by atoms with Crippen LogP contribution in [0, 0.1) is 0 Å². The van der Waals surface area contributed by atoms with E-state index in [1.54, 1.807) is 24.0 Å².